The first-order chi connectivity index (χ1) is 7.86. The maximum Gasteiger partial charge on any atom is -0.0412 e. The van der Waals surface area contributed by atoms with Crippen LogP contribution in [0, 0.1) is 11.8 Å². The molecule has 2 unspecified atom stereocenters. The predicted molar refractivity (Wildman–Crippen MR) is 73.7 cm³/mol. The second kappa shape index (κ2) is 9.07. The summed E-state index contributed by atoms with van der Waals surface area (Å²) >= 11 is 0. The highest BCUT2D eigenvalue weighted by molar-refractivity contribution is 4.75. The molecule has 1 aliphatic carbocycles. The smallest absolute Gasteiger partial charge is 0.0412 e. The molecule has 0 aromatic carbocycles. The van der Waals surface area contributed by atoms with Gasteiger partial charge in [0.15, 0.2) is 0 Å². The fraction of sp³-hybridized carbons (Fsp3) is 1.00. The molecule has 0 bridgehead atoms. The van der Waals surface area contributed by atoms with E-state index in [1.165, 1.54) is 57.8 Å². The van der Waals surface area contributed by atoms with Crippen molar-refractivity contribution in [3.05, 3.63) is 0 Å². The van der Waals surface area contributed by atoms with E-state index in [2.05, 4.69) is 13.8 Å². The van der Waals surface area contributed by atoms with Crippen LogP contribution in [0.25, 0.3) is 0 Å². The molecule has 0 aliphatic heterocycles. The lowest BCUT2D eigenvalue weighted by Crippen LogP contribution is -1.97. The highest BCUT2D eigenvalue weighted by Gasteiger charge is 2.23. The van der Waals surface area contributed by atoms with E-state index in [1.54, 1.807) is 19.3 Å². The molecule has 0 saturated heterocycles. The number of hydrogen-bond donors (Lipinski definition) is 0. The Labute approximate surface area is 103 Å². The zero-order valence-electron chi connectivity index (χ0n) is 11.6. The average Bonchev–Trinajstić information content (AvgIpc) is 2.73. The zero-order valence-corrected chi connectivity index (χ0v) is 11.6. The Balaban J connectivity index is 1.97. The molecule has 1 saturated carbocycles. The van der Waals surface area contributed by atoms with Gasteiger partial charge in [-0.15, -0.1) is 0 Å². The molecule has 0 heterocycles. The predicted octanol–water partition coefficient (Wildman–Crippen LogP) is 5.95. The van der Waals surface area contributed by atoms with Crippen molar-refractivity contribution < 1.29 is 0 Å². The van der Waals surface area contributed by atoms with Gasteiger partial charge in [-0.1, -0.05) is 84.5 Å². The number of unbranched alkanes of at least 4 members (excludes halogenated alkanes) is 5. The minimum atomic E-state index is 1.10. The molecule has 1 aliphatic rings. The topological polar surface area (TPSA) is 0 Å². The molecule has 0 N–H and O–H groups in total. The third kappa shape index (κ3) is 5.92. The van der Waals surface area contributed by atoms with E-state index in [0.717, 1.165) is 11.8 Å². The summed E-state index contributed by atoms with van der Waals surface area (Å²) in [5.74, 6) is 2.20. The lowest BCUT2D eigenvalue weighted by Gasteiger charge is -2.11. The van der Waals surface area contributed by atoms with E-state index in [-0.39, 0.29) is 0 Å². The van der Waals surface area contributed by atoms with Gasteiger partial charge in [0.05, 0.1) is 0 Å². The van der Waals surface area contributed by atoms with Crippen molar-refractivity contribution in [3.63, 3.8) is 0 Å². The molecule has 1 fully saturated rings. The van der Waals surface area contributed by atoms with Gasteiger partial charge in [0, 0.05) is 0 Å². The molecule has 16 heavy (non-hydrogen) atoms. The van der Waals surface area contributed by atoms with Crippen molar-refractivity contribution >= 4 is 0 Å². The van der Waals surface area contributed by atoms with Crippen LogP contribution in [0.15, 0.2) is 0 Å². The third-order valence-electron chi connectivity index (χ3n) is 4.33. The molecule has 0 aromatic heterocycles. The fourth-order valence-electron chi connectivity index (χ4n) is 3.25. The molecule has 0 nitrogen and oxygen atoms in total. The molecule has 1 rings (SSSR count). The second-order valence-corrected chi connectivity index (χ2v) is 5.89. The van der Waals surface area contributed by atoms with Crippen molar-refractivity contribution in [1.82, 2.24) is 0 Å². The van der Waals surface area contributed by atoms with Gasteiger partial charge < -0.3 is 0 Å². The summed E-state index contributed by atoms with van der Waals surface area (Å²) < 4.78 is 0. The monoisotopic (exact) mass is 224 g/mol. The molecular weight excluding hydrogens is 192 g/mol. The first-order valence-electron chi connectivity index (χ1n) is 7.86. The normalized spacial score (nSPS) is 25.1. The van der Waals surface area contributed by atoms with E-state index in [1.807, 2.05) is 0 Å². The van der Waals surface area contributed by atoms with E-state index in [0.29, 0.717) is 0 Å². The largest absolute Gasteiger partial charge is 0.0654 e. The minimum Gasteiger partial charge on any atom is -0.0654 e. The van der Waals surface area contributed by atoms with Crippen LogP contribution in [-0.2, 0) is 0 Å². The minimum absolute atomic E-state index is 1.10. The van der Waals surface area contributed by atoms with Gasteiger partial charge in [0.2, 0.25) is 0 Å². The maximum atomic E-state index is 2.31. The molecule has 2 atom stereocenters. The summed E-state index contributed by atoms with van der Waals surface area (Å²) in [6, 6.07) is 0. The molecular formula is C16H32. The Morgan fingerprint density at radius 3 is 1.75 bits per heavy atom. The summed E-state index contributed by atoms with van der Waals surface area (Å²) in [6.07, 6.45) is 17.9. The molecule has 0 radical (unpaired) electrons. The van der Waals surface area contributed by atoms with E-state index in [9.17, 15) is 0 Å². The lowest BCUT2D eigenvalue weighted by atomic mass is 9.95. The van der Waals surface area contributed by atoms with Crippen LogP contribution in [0.3, 0.4) is 0 Å². The highest BCUT2D eigenvalue weighted by atomic mass is 14.3. The van der Waals surface area contributed by atoms with Gasteiger partial charge in [-0.2, -0.15) is 0 Å². The average molecular weight is 224 g/mol. The Morgan fingerprint density at radius 2 is 1.19 bits per heavy atom. The van der Waals surface area contributed by atoms with Crippen molar-refractivity contribution in [2.45, 2.75) is 90.9 Å². The van der Waals surface area contributed by atoms with Gasteiger partial charge in [0.25, 0.3) is 0 Å². The van der Waals surface area contributed by atoms with Crippen LogP contribution in [0.4, 0.5) is 0 Å². The van der Waals surface area contributed by atoms with E-state index < -0.39 is 0 Å². The van der Waals surface area contributed by atoms with Crippen LogP contribution in [0.1, 0.15) is 90.9 Å². The Bertz CT molecular complexity index is 150. The molecule has 96 valence electrons. The van der Waals surface area contributed by atoms with Crippen molar-refractivity contribution in [1.29, 1.82) is 0 Å². The quantitative estimate of drug-likeness (QED) is 0.424. The van der Waals surface area contributed by atoms with Crippen molar-refractivity contribution in [2.24, 2.45) is 11.8 Å². The fourth-order valence-corrected chi connectivity index (χ4v) is 3.25. The molecule has 0 heteroatoms. The number of hydrogen-bond acceptors (Lipinski definition) is 0. The summed E-state index contributed by atoms with van der Waals surface area (Å²) in [7, 11) is 0. The highest BCUT2D eigenvalue weighted by Crippen LogP contribution is 2.36. The summed E-state index contributed by atoms with van der Waals surface area (Å²) in [5.41, 5.74) is 0. The van der Waals surface area contributed by atoms with Crippen LogP contribution >= 0.6 is 0 Å². The Hall–Kier alpha value is 0. The van der Waals surface area contributed by atoms with Gasteiger partial charge in [-0.25, -0.2) is 0 Å². The van der Waals surface area contributed by atoms with Crippen molar-refractivity contribution in [2.75, 3.05) is 0 Å². The molecule has 0 spiro atoms. The summed E-state index contributed by atoms with van der Waals surface area (Å²) in [4.78, 5) is 0. The Kier molecular flexibility index (Phi) is 7.98. The second-order valence-electron chi connectivity index (χ2n) is 5.89. The van der Waals surface area contributed by atoms with Crippen LogP contribution in [0.5, 0.6) is 0 Å². The third-order valence-corrected chi connectivity index (χ3v) is 4.33. The number of rotatable bonds is 9. The van der Waals surface area contributed by atoms with E-state index >= 15 is 0 Å². The standard InChI is InChI=1S/C16H32/c1-3-5-7-9-11-16-13-12-15(14-16)10-8-6-4-2/h15-16H,3-14H2,1-2H3. The summed E-state index contributed by atoms with van der Waals surface area (Å²) in [6.45, 7) is 4.62. The van der Waals surface area contributed by atoms with Gasteiger partial charge in [-0.05, 0) is 18.3 Å². The van der Waals surface area contributed by atoms with Gasteiger partial charge in [0.1, 0.15) is 0 Å². The van der Waals surface area contributed by atoms with Gasteiger partial charge in [-0.3, -0.25) is 0 Å². The van der Waals surface area contributed by atoms with Crippen molar-refractivity contribution in [3.8, 4) is 0 Å². The zero-order chi connectivity index (χ0) is 11.6. The Morgan fingerprint density at radius 1 is 0.688 bits per heavy atom. The lowest BCUT2D eigenvalue weighted by molar-refractivity contribution is 0.418. The molecule has 0 aromatic rings. The van der Waals surface area contributed by atoms with Crippen LogP contribution < -0.4 is 0 Å². The SMILES string of the molecule is CCCCCCC1CCC(CCCCC)C1. The first-order valence-corrected chi connectivity index (χ1v) is 7.86. The first kappa shape index (κ1) is 14.1. The van der Waals surface area contributed by atoms with E-state index in [4.69, 9.17) is 0 Å². The van der Waals surface area contributed by atoms with Gasteiger partial charge >= 0.3 is 0 Å². The molecule has 0 amide bonds. The van der Waals surface area contributed by atoms with Crippen LogP contribution in [0.2, 0.25) is 0 Å². The summed E-state index contributed by atoms with van der Waals surface area (Å²) in [5, 5.41) is 0. The van der Waals surface area contributed by atoms with Crippen LogP contribution in [-0.4, -0.2) is 0 Å². The maximum absolute atomic E-state index is 2.31.